The first-order valence-corrected chi connectivity index (χ1v) is 8.83. The fraction of sp³-hybridized carbons (Fsp3) is 0.278. The molecule has 0 saturated heterocycles. The van der Waals surface area contributed by atoms with Crippen molar-refractivity contribution in [3.63, 3.8) is 0 Å². The van der Waals surface area contributed by atoms with Gasteiger partial charge >= 0.3 is 0 Å². The van der Waals surface area contributed by atoms with Crippen molar-refractivity contribution in [2.24, 2.45) is 0 Å². The van der Waals surface area contributed by atoms with Gasteiger partial charge in [0.05, 0.1) is 9.82 Å². The van der Waals surface area contributed by atoms with Crippen LogP contribution < -0.4 is 4.90 Å². The Morgan fingerprint density at radius 3 is 2.46 bits per heavy atom. The number of benzene rings is 2. The number of rotatable bonds is 5. The molecule has 0 bridgehead atoms. The number of nitrogens with zero attached hydrogens (tertiary/aromatic N) is 2. The van der Waals surface area contributed by atoms with Gasteiger partial charge in [0.1, 0.15) is 0 Å². The van der Waals surface area contributed by atoms with Gasteiger partial charge in [0.25, 0.3) is 11.6 Å². The summed E-state index contributed by atoms with van der Waals surface area (Å²) in [5.41, 5.74) is 3.23. The second-order valence-corrected chi connectivity index (χ2v) is 6.33. The molecule has 2 rings (SSSR count). The molecule has 0 aliphatic rings. The van der Waals surface area contributed by atoms with Gasteiger partial charge in [-0.3, -0.25) is 14.9 Å². The molecule has 0 aliphatic carbocycles. The van der Waals surface area contributed by atoms with E-state index in [0.29, 0.717) is 17.0 Å². The molecule has 0 fully saturated rings. The second-order valence-electron chi connectivity index (χ2n) is 5.48. The van der Waals surface area contributed by atoms with E-state index in [4.69, 9.17) is 0 Å². The van der Waals surface area contributed by atoms with Gasteiger partial charge in [-0.15, -0.1) is 11.8 Å². The van der Waals surface area contributed by atoms with Crippen molar-refractivity contribution in [1.29, 1.82) is 0 Å². The van der Waals surface area contributed by atoms with Crippen LogP contribution in [0.25, 0.3) is 0 Å². The van der Waals surface area contributed by atoms with E-state index >= 15 is 0 Å². The summed E-state index contributed by atoms with van der Waals surface area (Å²) in [7, 11) is 0. The third-order valence-electron chi connectivity index (χ3n) is 3.83. The highest BCUT2D eigenvalue weighted by Gasteiger charge is 2.22. The molecular weight excluding hydrogens is 324 g/mol. The van der Waals surface area contributed by atoms with Crippen molar-refractivity contribution in [1.82, 2.24) is 0 Å². The Hall–Kier alpha value is -2.34. The van der Waals surface area contributed by atoms with Crippen LogP contribution in [-0.4, -0.2) is 23.6 Å². The Morgan fingerprint density at radius 2 is 1.92 bits per heavy atom. The third kappa shape index (κ3) is 3.59. The summed E-state index contributed by atoms with van der Waals surface area (Å²) in [6, 6.07) is 10.5. The van der Waals surface area contributed by atoms with Gasteiger partial charge in [-0.1, -0.05) is 17.7 Å². The quantitative estimate of drug-likeness (QED) is 0.452. The minimum atomic E-state index is -0.448. The molecule has 0 heterocycles. The van der Waals surface area contributed by atoms with Crippen molar-refractivity contribution in [3.05, 3.63) is 63.2 Å². The maximum absolute atomic E-state index is 12.9. The molecule has 0 aromatic heterocycles. The highest BCUT2D eigenvalue weighted by molar-refractivity contribution is 7.98. The number of aryl methyl sites for hydroxylation is 2. The first kappa shape index (κ1) is 18.0. The average molecular weight is 344 g/mol. The van der Waals surface area contributed by atoms with E-state index in [2.05, 4.69) is 0 Å². The first-order valence-electron chi connectivity index (χ1n) is 7.60. The Balaban J connectivity index is 2.45. The fourth-order valence-electron chi connectivity index (χ4n) is 2.65. The number of hydrogen-bond donors (Lipinski definition) is 0. The minimum absolute atomic E-state index is 0.0370. The molecular formula is C18H20N2O3S. The van der Waals surface area contributed by atoms with Crippen LogP contribution >= 0.6 is 11.8 Å². The van der Waals surface area contributed by atoms with E-state index in [1.807, 2.05) is 39.0 Å². The normalized spacial score (nSPS) is 10.5. The maximum Gasteiger partial charge on any atom is 0.283 e. The van der Waals surface area contributed by atoms with Crippen LogP contribution in [0.3, 0.4) is 0 Å². The molecule has 0 radical (unpaired) electrons. The van der Waals surface area contributed by atoms with Gasteiger partial charge in [-0.2, -0.15) is 0 Å². The fourth-order valence-corrected chi connectivity index (χ4v) is 3.20. The Labute approximate surface area is 145 Å². The van der Waals surface area contributed by atoms with Crippen molar-refractivity contribution in [2.45, 2.75) is 25.7 Å². The lowest BCUT2D eigenvalue weighted by molar-refractivity contribution is -0.387. The molecule has 0 saturated carbocycles. The number of nitro benzene ring substituents is 1. The van der Waals surface area contributed by atoms with E-state index < -0.39 is 4.92 Å². The van der Waals surface area contributed by atoms with E-state index in [9.17, 15) is 14.9 Å². The summed E-state index contributed by atoms with van der Waals surface area (Å²) in [6.07, 6.45) is 1.78. The number of thioether (sulfide) groups is 1. The molecule has 2 aromatic carbocycles. The summed E-state index contributed by atoms with van der Waals surface area (Å²) in [5.74, 6) is -0.236. The van der Waals surface area contributed by atoms with Crippen molar-refractivity contribution < 1.29 is 9.72 Å². The van der Waals surface area contributed by atoms with Crippen LogP contribution in [0.2, 0.25) is 0 Å². The first-order chi connectivity index (χ1) is 11.4. The summed E-state index contributed by atoms with van der Waals surface area (Å²) in [4.78, 5) is 25.9. The standard InChI is InChI=1S/C18H20N2O3S/c1-5-19(15-8-6-12(2)10-13(15)3)18(21)14-7-9-17(24-4)16(11-14)20(22)23/h6-11H,5H2,1-4H3. The van der Waals surface area contributed by atoms with Gasteiger partial charge in [0, 0.05) is 23.9 Å². The van der Waals surface area contributed by atoms with E-state index in [1.54, 1.807) is 23.3 Å². The zero-order valence-electron chi connectivity index (χ0n) is 14.2. The second kappa shape index (κ2) is 7.49. The molecule has 1 amide bonds. The highest BCUT2D eigenvalue weighted by Crippen LogP contribution is 2.30. The number of carbonyl (C=O) groups excluding carboxylic acids is 1. The molecule has 0 unspecified atom stereocenters. The zero-order chi connectivity index (χ0) is 17.9. The summed E-state index contributed by atoms with van der Waals surface area (Å²) >= 11 is 1.29. The van der Waals surface area contributed by atoms with Crippen molar-refractivity contribution in [2.75, 3.05) is 17.7 Å². The van der Waals surface area contributed by atoms with E-state index in [1.165, 1.54) is 17.8 Å². The SMILES string of the molecule is CCN(C(=O)c1ccc(SC)c([N+](=O)[O-])c1)c1ccc(C)cc1C. The molecule has 0 atom stereocenters. The Morgan fingerprint density at radius 1 is 1.21 bits per heavy atom. The molecule has 0 N–H and O–H groups in total. The van der Waals surface area contributed by atoms with Gasteiger partial charge < -0.3 is 4.90 Å². The van der Waals surface area contributed by atoms with Crippen LogP contribution in [0.15, 0.2) is 41.3 Å². The van der Waals surface area contributed by atoms with Crippen molar-refractivity contribution >= 4 is 29.0 Å². The number of nitro groups is 1. The lowest BCUT2D eigenvalue weighted by atomic mass is 10.1. The molecule has 24 heavy (non-hydrogen) atoms. The lowest BCUT2D eigenvalue weighted by Crippen LogP contribution is -2.31. The number of carbonyl (C=O) groups is 1. The summed E-state index contributed by atoms with van der Waals surface area (Å²) < 4.78 is 0. The number of anilines is 1. The minimum Gasteiger partial charge on any atom is -0.308 e. The molecule has 2 aromatic rings. The van der Waals surface area contributed by atoms with Gasteiger partial charge in [0.15, 0.2) is 0 Å². The summed E-state index contributed by atoms with van der Waals surface area (Å²) in [5, 5.41) is 11.2. The number of hydrogen-bond acceptors (Lipinski definition) is 4. The molecule has 6 heteroatoms. The largest absolute Gasteiger partial charge is 0.308 e. The van der Waals surface area contributed by atoms with Gasteiger partial charge in [0.2, 0.25) is 0 Å². The predicted octanol–water partition coefficient (Wildman–Crippen LogP) is 4.60. The molecule has 0 spiro atoms. The molecule has 126 valence electrons. The monoisotopic (exact) mass is 344 g/mol. The molecule has 0 aliphatic heterocycles. The van der Waals surface area contributed by atoms with Crippen LogP contribution in [0, 0.1) is 24.0 Å². The van der Waals surface area contributed by atoms with Crippen LogP contribution in [0.1, 0.15) is 28.4 Å². The Kier molecular flexibility index (Phi) is 5.62. The topological polar surface area (TPSA) is 63.5 Å². The van der Waals surface area contributed by atoms with Gasteiger partial charge in [-0.25, -0.2) is 0 Å². The lowest BCUT2D eigenvalue weighted by Gasteiger charge is -2.23. The van der Waals surface area contributed by atoms with Crippen molar-refractivity contribution in [3.8, 4) is 0 Å². The number of amides is 1. The van der Waals surface area contributed by atoms with Crippen LogP contribution in [0.5, 0.6) is 0 Å². The van der Waals surface area contributed by atoms with Gasteiger partial charge in [-0.05, 0) is 50.8 Å². The van der Waals surface area contributed by atoms with Crippen LogP contribution in [0.4, 0.5) is 11.4 Å². The maximum atomic E-state index is 12.9. The highest BCUT2D eigenvalue weighted by atomic mass is 32.2. The third-order valence-corrected chi connectivity index (χ3v) is 4.61. The summed E-state index contributed by atoms with van der Waals surface area (Å²) in [6.45, 7) is 6.33. The smallest absolute Gasteiger partial charge is 0.283 e. The predicted molar refractivity (Wildman–Crippen MR) is 98.1 cm³/mol. The Bertz CT molecular complexity index is 790. The molecule has 5 nitrogen and oxygen atoms in total. The zero-order valence-corrected chi connectivity index (χ0v) is 15.0. The van der Waals surface area contributed by atoms with E-state index in [0.717, 1.165) is 16.8 Å². The van der Waals surface area contributed by atoms with Crippen LogP contribution in [-0.2, 0) is 0 Å². The average Bonchev–Trinajstić information content (AvgIpc) is 2.56. The van der Waals surface area contributed by atoms with E-state index in [-0.39, 0.29) is 11.6 Å².